The topological polar surface area (TPSA) is 37.2 Å². The van der Waals surface area contributed by atoms with Gasteiger partial charge in [-0.1, -0.05) is 43.3 Å². The van der Waals surface area contributed by atoms with Gasteiger partial charge < -0.3 is 14.4 Å². The Kier molecular flexibility index (Phi) is 8.15. The van der Waals surface area contributed by atoms with Crippen LogP contribution in [0, 0.1) is 13.8 Å². The van der Waals surface area contributed by atoms with Gasteiger partial charge >= 0.3 is 0 Å². The number of hydrogen-bond acceptors (Lipinski definition) is 4. The Balaban J connectivity index is 0.000000229. The van der Waals surface area contributed by atoms with E-state index < -0.39 is 0 Å². The van der Waals surface area contributed by atoms with E-state index in [2.05, 4.69) is 66.5 Å². The summed E-state index contributed by atoms with van der Waals surface area (Å²) in [6.07, 6.45) is 6.69. The van der Waals surface area contributed by atoms with Gasteiger partial charge in [0.25, 0.3) is 0 Å². The molecule has 1 aliphatic heterocycles. The Bertz CT molecular complexity index is 951. The summed E-state index contributed by atoms with van der Waals surface area (Å²) in [5.74, 6) is 0.924. The molecule has 0 atom stereocenters. The molecule has 0 spiro atoms. The van der Waals surface area contributed by atoms with E-state index >= 15 is 0 Å². The molecule has 0 radical (unpaired) electrons. The second-order valence-corrected chi connectivity index (χ2v) is 8.16. The molecule has 0 bridgehead atoms. The zero-order valence-electron chi connectivity index (χ0n) is 19.4. The smallest absolute Gasteiger partial charge is 0.110 e. The molecule has 0 N–H and O–H groups in total. The molecule has 3 heterocycles. The minimum Gasteiger partial charge on any atom is -0.304 e. The van der Waals surface area contributed by atoms with E-state index in [-0.39, 0.29) is 0 Å². The van der Waals surface area contributed by atoms with Crippen LogP contribution in [-0.2, 0) is 0 Å². The first-order valence-electron chi connectivity index (χ1n) is 11.1. The maximum Gasteiger partial charge on any atom is 0.110 e. The first kappa shape index (κ1) is 22.9. The molecule has 164 valence electrons. The van der Waals surface area contributed by atoms with E-state index in [0.29, 0.717) is 0 Å². The predicted molar refractivity (Wildman–Crippen MR) is 131 cm³/mol. The van der Waals surface area contributed by atoms with Gasteiger partial charge in [0.15, 0.2) is 0 Å². The van der Waals surface area contributed by atoms with Crippen molar-refractivity contribution in [3.8, 4) is 22.5 Å². The molecule has 5 nitrogen and oxygen atoms in total. The Labute approximate surface area is 187 Å². The largest absolute Gasteiger partial charge is 0.304 e. The number of imidazole rings is 1. The number of aromatic nitrogens is 3. The van der Waals surface area contributed by atoms with Crippen LogP contribution in [0.1, 0.15) is 24.7 Å². The van der Waals surface area contributed by atoms with Crippen molar-refractivity contribution in [3.05, 3.63) is 66.8 Å². The molecule has 2 aromatic heterocycles. The zero-order chi connectivity index (χ0) is 22.2. The van der Waals surface area contributed by atoms with Gasteiger partial charge in [0.2, 0.25) is 0 Å². The maximum atomic E-state index is 4.73. The van der Waals surface area contributed by atoms with Crippen molar-refractivity contribution in [1.29, 1.82) is 0 Å². The fourth-order valence-electron chi connectivity index (χ4n) is 3.85. The predicted octanol–water partition coefficient (Wildman–Crippen LogP) is 4.97. The Hall–Kier alpha value is -2.76. The minimum atomic E-state index is 0.924. The maximum absolute atomic E-state index is 4.73. The van der Waals surface area contributed by atoms with Crippen molar-refractivity contribution < 1.29 is 0 Å². The molecule has 0 amide bonds. The Morgan fingerprint density at radius 1 is 0.935 bits per heavy atom. The van der Waals surface area contributed by atoms with E-state index in [9.17, 15) is 0 Å². The van der Waals surface area contributed by atoms with Crippen LogP contribution >= 0.6 is 0 Å². The lowest BCUT2D eigenvalue weighted by molar-refractivity contribution is 0.154. The average molecular weight is 418 g/mol. The molecule has 1 aromatic carbocycles. The van der Waals surface area contributed by atoms with Crippen molar-refractivity contribution in [2.75, 3.05) is 39.8 Å². The van der Waals surface area contributed by atoms with Crippen LogP contribution in [0.3, 0.4) is 0 Å². The third kappa shape index (κ3) is 5.90. The number of pyridine rings is 1. The van der Waals surface area contributed by atoms with Gasteiger partial charge in [-0.15, -0.1) is 0 Å². The molecule has 1 fully saturated rings. The van der Waals surface area contributed by atoms with Crippen LogP contribution in [0.2, 0.25) is 0 Å². The number of benzene rings is 1. The van der Waals surface area contributed by atoms with Crippen LogP contribution in [0.5, 0.6) is 0 Å². The molecule has 3 aromatic rings. The summed E-state index contributed by atoms with van der Waals surface area (Å²) in [5, 5.41) is 0. The van der Waals surface area contributed by atoms with Crippen molar-refractivity contribution in [2.24, 2.45) is 0 Å². The monoisotopic (exact) mass is 417 g/mol. The van der Waals surface area contributed by atoms with E-state index in [4.69, 9.17) is 4.98 Å². The third-order valence-electron chi connectivity index (χ3n) is 5.68. The van der Waals surface area contributed by atoms with Gasteiger partial charge in [-0.2, -0.15) is 0 Å². The molecule has 1 saturated heterocycles. The number of nitrogens with zero attached hydrogens (tertiary/aromatic N) is 5. The second-order valence-electron chi connectivity index (χ2n) is 8.16. The first-order chi connectivity index (χ1) is 15.0. The Morgan fingerprint density at radius 3 is 2.16 bits per heavy atom. The average Bonchev–Trinajstić information content (AvgIpc) is 3.13. The van der Waals surface area contributed by atoms with Crippen molar-refractivity contribution in [2.45, 2.75) is 27.2 Å². The molecule has 0 unspecified atom stereocenters. The van der Waals surface area contributed by atoms with Crippen molar-refractivity contribution in [1.82, 2.24) is 24.3 Å². The van der Waals surface area contributed by atoms with Crippen LogP contribution in [-0.4, -0.2) is 64.1 Å². The first-order valence-corrected chi connectivity index (χ1v) is 11.1. The summed E-state index contributed by atoms with van der Waals surface area (Å²) in [6.45, 7) is 16.6. The van der Waals surface area contributed by atoms with Crippen LogP contribution in [0.25, 0.3) is 28.7 Å². The fourth-order valence-corrected chi connectivity index (χ4v) is 3.85. The molecule has 4 rings (SSSR count). The Morgan fingerprint density at radius 2 is 1.58 bits per heavy atom. The number of rotatable bonds is 5. The highest BCUT2D eigenvalue weighted by molar-refractivity contribution is 5.80. The third-order valence-corrected chi connectivity index (χ3v) is 5.68. The zero-order valence-corrected chi connectivity index (χ0v) is 19.4. The summed E-state index contributed by atoms with van der Waals surface area (Å²) in [5.41, 5.74) is 5.45. The molecule has 0 saturated carbocycles. The molecule has 5 heteroatoms. The minimum absolute atomic E-state index is 0.924. The second kappa shape index (κ2) is 11.0. The number of hydrogen-bond donors (Lipinski definition) is 0. The van der Waals surface area contributed by atoms with Gasteiger partial charge in [0.1, 0.15) is 5.82 Å². The summed E-state index contributed by atoms with van der Waals surface area (Å²) >= 11 is 0. The van der Waals surface area contributed by atoms with Gasteiger partial charge in [-0.3, -0.25) is 4.98 Å². The number of aryl methyl sites for hydroxylation is 2. The number of likely N-dealkylation sites (N-methyl/N-ethyl adjacent to an activating group) is 1. The van der Waals surface area contributed by atoms with Crippen LogP contribution in [0.15, 0.2) is 55.4 Å². The molecule has 1 aliphatic rings. The summed E-state index contributed by atoms with van der Waals surface area (Å²) in [6, 6.07) is 12.4. The molecule has 0 aliphatic carbocycles. The van der Waals surface area contributed by atoms with Gasteiger partial charge in [-0.25, -0.2) is 4.98 Å². The van der Waals surface area contributed by atoms with Gasteiger partial charge in [0.05, 0.1) is 11.4 Å². The van der Waals surface area contributed by atoms with Gasteiger partial charge in [-0.05, 0) is 46.0 Å². The highest BCUT2D eigenvalue weighted by atomic mass is 15.2. The van der Waals surface area contributed by atoms with E-state index in [1.54, 1.807) is 18.6 Å². The van der Waals surface area contributed by atoms with Crippen molar-refractivity contribution in [3.63, 3.8) is 0 Å². The highest BCUT2D eigenvalue weighted by Crippen LogP contribution is 2.32. The lowest BCUT2D eigenvalue weighted by Crippen LogP contribution is -2.44. The van der Waals surface area contributed by atoms with E-state index in [1.807, 2.05) is 23.6 Å². The molecular weight excluding hydrogens is 382 g/mol. The number of piperazine rings is 1. The van der Waals surface area contributed by atoms with E-state index in [1.165, 1.54) is 44.7 Å². The fraction of sp³-hybridized carbons (Fsp3) is 0.385. The lowest BCUT2D eigenvalue weighted by atomic mass is 10.0. The molecule has 31 heavy (non-hydrogen) atoms. The normalized spacial score (nSPS) is 14.7. The standard InChI is InChI=1S/C18H17N3.C8H18N2/c1-4-21-14(3)20-17(15-7-5-13(2)6-8-15)18(21)16-9-11-19-12-10-16;1-3-4-10-7-5-9(2)6-8-10/h4-12H,1H2,2-3H3;3-8H2,1-2H3. The summed E-state index contributed by atoms with van der Waals surface area (Å²) < 4.78 is 2.02. The van der Waals surface area contributed by atoms with Gasteiger partial charge in [0, 0.05) is 55.9 Å². The summed E-state index contributed by atoms with van der Waals surface area (Å²) in [7, 11) is 2.20. The summed E-state index contributed by atoms with van der Waals surface area (Å²) in [4.78, 5) is 13.8. The van der Waals surface area contributed by atoms with Crippen molar-refractivity contribution >= 4 is 6.20 Å². The quantitative estimate of drug-likeness (QED) is 0.587. The van der Waals surface area contributed by atoms with Crippen LogP contribution in [0.4, 0.5) is 0 Å². The van der Waals surface area contributed by atoms with E-state index in [0.717, 1.165) is 28.3 Å². The molecular formula is C26H35N5. The highest BCUT2D eigenvalue weighted by Gasteiger charge is 2.16. The van der Waals surface area contributed by atoms with Crippen LogP contribution < -0.4 is 0 Å². The lowest BCUT2D eigenvalue weighted by Gasteiger charge is -2.31. The SMILES string of the molecule is C=Cn1c(C)nc(-c2ccc(C)cc2)c1-c1ccncc1.CCCN1CCN(C)CC1.